The summed E-state index contributed by atoms with van der Waals surface area (Å²) < 4.78 is 0. The predicted octanol–water partition coefficient (Wildman–Crippen LogP) is 2.80. The highest BCUT2D eigenvalue weighted by molar-refractivity contribution is 5.75. The fraction of sp³-hybridized carbons (Fsp3) is 0.500. The van der Waals surface area contributed by atoms with Gasteiger partial charge in [0.25, 0.3) is 0 Å². The molecule has 0 unspecified atom stereocenters. The molecule has 0 aliphatic rings. The lowest BCUT2D eigenvalue weighted by Gasteiger charge is -2.17. The molecule has 0 atom stereocenters. The largest absolute Gasteiger partial charge is 0.342 e. The fourth-order valence-electron chi connectivity index (χ4n) is 1.90. The third-order valence-corrected chi connectivity index (χ3v) is 2.99. The highest BCUT2D eigenvalue weighted by atomic mass is 14.9. The maximum absolute atomic E-state index is 6.00. The lowest BCUT2D eigenvalue weighted by atomic mass is 9.96. The van der Waals surface area contributed by atoms with Gasteiger partial charge in [-0.05, 0) is 44.4 Å². The number of hydrogen-bond donors (Lipinski definition) is 2. The van der Waals surface area contributed by atoms with Crippen molar-refractivity contribution in [3.05, 3.63) is 29.6 Å². The topological polar surface area (TPSA) is 54.7 Å². The van der Waals surface area contributed by atoms with Gasteiger partial charge in [0.05, 0.1) is 11.0 Å². The summed E-state index contributed by atoms with van der Waals surface area (Å²) in [7, 11) is 0. The molecule has 1 aromatic heterocycles. The van der Waals surface area contributed by atoms with Gasteiger partial charge in [0.15, 0.2) is 0 Å². The monoisotopic (exact) mass is 231 g/mol. The van der Waals surface area contributed by atoms with E-state index >= 15 is 0 Å². The van der Waals surface area contributed by atoms with E-state index in [0.29, 0.717) is 0 Å². The number of rotatable bonds is 4. The molecule has 2 aromatic rings. The molecule has 1 aromatic carbocycles. The Hall–Kier alpha value is -1.35. The molecule has 1 heterocycles. The van der Waals surface area contributed by atoms with Crippen molar-refractivity contribution in [2.45, 2.75) is 45.6 Å². The first-order chi connectivity index (χ1) is 7.98. The molecule has 0 aliphatic carbocycles. The van der Waals surface area contributed by atoms with E-state index in [9.17, 15) is 0 Å². The standard InChI is InChI=1S/C14H21N3/c1-4-13-16-11-6-5-10(9-12(11)17-13)7-8-14(2,3)15/h5-6,9H,4,7-8,15H2,1-3H3,(H,16,17). The van der Waals surface area contributed by atoms with Gasteiger partial charge >= 0.3 is 0 Å². The van der Waals surface area contributed by atoms with Crippen LogP contribution in [0.2, 0.25) is 0 Å². The molecule has 0 fully saturated rings. The first-order valence-corrected chi connectivity index (χ1v) is 6.24. The number of H-pyrrole nitrogens is 1. The number of nitrogens with zero attached hydrogens (tertiary/aromatic N) is 1. The minimum atomic E-state index is -0.0997. The van der Waals surface area contributed by atoms with Gasteiger partial charge in [-0.15, -0.1) is 0 Å². The summed E-state index contributed by atoms with van der Waals surface area (Å²) in [6.45, 7) is 6.24. The average molecular weight is 231 g/mol. The summed E-state index contributed by atoms with van der Waals surface area (Å²) in [4.78, 5) is 7.84. The number of imidazole rings is 1. The maximum atomic E-state index is 6.00. The van der Waals surface area contributed by atoms with Crippen LogP contribution in [-0.2, 0) is 12.8 Å². The van der Waals surface area contributed by atoms with Crippen LogP contribution in [0.25, 0.3) is 11.0 Å². The van der Waals surface area contributed by atoms with Gasteiger partial charge in [-0.25, -0.2) is 4.98 Å². The molecule has 0 aliphatic heterocycles. The van der Waals surface area contributed by atoms with E-state index in [1.165, 1.54) is 5.56 Å². The molecular weight excluding hydrogens is 210 g/mol. The van der Waals surface area contributed by atoms with E-state index in [2.05, 4.69) is 48.9 Å². The van der Waals surface area contributed by atoms with Crippen LogP contribution in [0.5, 0.6) is 0 Å². The van der Waals surface area contributed by atoms with E-state index in [1.807, 2.05) is 0 Å². The zero-order chi connectivity index (χ0) is 12.5. The summed E-state index contributed by atoms with van der Waals surface area (Å²) in [5, 5.41) is 0. The molecule has 17 heavy (non-hydrogen) atoms. The van der Waals surface area contributed by atoms with Crippen molar-refractivity contribution in [1.29, 1.82) is 0 Å². The molecule has 0 spiro atoms. The van der Waals surface area contributed by atoms with Crippen LogP contribution in [-0.4, -0.2) is 15.5 Å². The van der Waals surface area contributed by atoms with Gasteiger partial charge < -0.3 is 10.7 Å². The lowest BCUT2D eigenvalue weighted by molar-refractivity contribution is 0.477. The number of fused-ring (bicyclic) bond motifs is 1. The van der Waals surface area contributed by atoms with Crippen molar-refractivity contribution in [1.82, 2.24) is 9.97 Å². The molecule has 92 valence electrons. The SMILES string of the molecule is CCc1nc2ccc(CCC(C)(C)N)cc2[nH]1. The fourth-order valence-corrected chi connectivity index (χ4v) is 1.90. The Kier molecular flexibility index (Phi) is 3.20. The highest BCUT2D eigenvalue weighted by Crippen LogP contribution is 2.17. The van der Waals surface area contributed by atoms with Crippen LogP contribution >= 0.6 is 0 Å². The highest BCUT2D eigenvalue weighted by Gasteiger charge is 2.10. The molecule has 3 N–H and O–H groups in total. The Morgan fingerprint density at radius 2 is 2.12 bits per heavy atom. The first kappa shape index (κ1) is 12.1. The molecule has 3 nitrogen and oxygen atoms in total. The summed E-state index contributed by atoms with van der Waals surface area (Å²) in [6, 6.07) is 6.42. The van der Waals surface area contributed by atoms with Gasteiger partial charge in [0.2, 0.25) is 0 Å². The van der Waals surface area contributed by atoms with Crippen LogP contribution in [0.3, 0.4) is 0 Å². The quantitative estimate of drug-likeness (QED) is 0.850. The van der Waals surface area contributed by atoms with E-state index in [1.54, 1.807) is 0 Å². The van der Waals surface area contributed by atoms with Gasteiger partial charge in [0.1, 0.15) is 5.82 Å². The number of hydrogen-bond acceptors (Lipinski definition) is 2. The Labute approximate surface area is 102 Å². The number of benzene rings is 1. The van der Waals surface area contributed by atoms with Crippen molar-refractivity contribution >= 4 is 11.0 Å². The van der Waals surface area contributed by atoms with Crippen molar-refractivity contribution < 1.29 is 0 Å². The lowest BCUT2D eigenvalue weighted by Crippen LogP contribution is -2.32. The zero-order valence-electron chi connectivity index (χ0n) is 10.9. The Balaban J connectivity index is 2.19. The molecular formula is C14H21N3. The second kappa shape index (κ2) is 4.49. The van der Waals surface area contributed by atoms with Gasteiger partial charge in [0, 0.05) is 12.0 Å². The molecule has 0 radical (unpaired) electrons. The first-order valence-electron chi connectivity index (χ1n) is 6.24. The number of aromatic nitrogens is 2. The predicted molar refractivity (Wildman–Crippen MR) is 72.1 cm³/mol. The zero-order valence-corrected chi connectivity index (χ0v) is 10.9. The second-order valence-electron chi connectivity index (χ2n) is 5.38. The maximum Gasteiger partial charge on any atom is 0.106 e. The third kappa shape index (κ3) is 3.07. The summed E-state index contributed by atoms with van der Waals surface area (Å²) in [6.07, 6.45) is 2.95. The van der Waals surface area contributed by atoms with Crippen LogP contribution in [0.4, 0.5) is 0 Å². The van der Waals surface area contributed by atoms with Crippen LogP contribution < -0.4 is 5.73 Å². The average Bonchev–Trinajstić information content (AvgIpc) is 2.67. The minimum Gasteiger partial charge on any atom is -0.342 e. The number of nitrogens with one attached hydrogen (secondary N) is 1. The minimum absolute atomic E-state index is 0.0997. The summed E-state index contributed by atoms with van der Waals surface area (Å²) >= 11 is 0. The number of nitrogens with two attached hydrogens (primary N) is 1. The van der Waals surface area contributed by atoms with Crippen molar-refractivity contribution in [2.75, 3.05) is 0 Å². The van der Waals surface area contributed by atoms with E-state index in [-0.39, 0.29) is 5.54 Å². The van der Waals surface area contributed by atoms with Crippen LogP contribution in [0.1, 0.15) is 38.6 Å². The van der Waals surface area contributed by atoms with Gasteiger partial charge in [-0.2, -0.15) is 0 Å². The molecule has 0 amide bonds. The Morgan fingerprint density at radius 1 is 1.35 bits per heavy atom. The Morgan fingerprint density at radius 3 is 2.76 bits per heavy atom. The van der Waals surface area contributed by atoms with Gasteiger partial charge in [-0.1, -0.05) is 13.0 Å². The third-order valence-electron chi connectivity index (χ3n) is 2.99. The van der Waals surface area contributed by atoms with E-state index in [0.717, 1.165) is 36.1 Å². The molecule has 3 heteroatoms. The molecule has 2 rings (SSSR count). The Bertz CT molecular complexity index is 506. The number of aryl methyl sites for hydroxylation is 2. The van der Waals surface area contributed by atoms with E-state index in [4.69, 9.17) is 5.73 Å². The molecule has 0 saturated carbocycles. The van der Waals surface area contributed by atoms with Crippen molar-refractivity contribution in [2.24, 2.45) is 5.73 Å². The molecule has 0 bridgehead atoms. The van der Waals surface area contributed by atoms with E-state index < -0.39 is 0 Å². The van der Waals surface area contributed by atoms with Crippen molar-refractivity contribution in [3.8, 4) is 0 Å². The van der Waals surface area contributed by atoms with Gasteiger partial charge in [-0.3, -0.25) is 0 Å². The molecule has 0 saturated heterocycles. The second-order valence-corrected chi connectivity index (χ2v) is 5.38. The smallest absolute Gasteiger partial charge is 0.106 e. The summed E-state index contributed by atoms with van der Waals surface area (Å²) in [5.74, 6) is 1.05. The summed E-state index contributed by atoms with van der Waals surface area (Å²) in [5.41, 5.74) is 9.41. The van der Waals surface area contributed by atoms with Crippen molar-refractivity contribution in [3.63, 3.8) is 0 Å². The van der Waals surface area contributed by atoms with Crippen LogP contribution in [0.15, 0.2) is 18.2 Å². The van der Waals surface area contributed by atoms with Crippen LogP contribution in [0, 0.1) is 0 Å². The normalized spacial score (nSPS) is 12.2. The number of aromatic amines is 1.